The molecule has 0 spiro atoms. The monoisotopic (exact) mass is 405 g/mol. The summed E-state index contributed by atoms with van der Waals surface area (Å²) in [5.74, 6) is 1.25. The van der Waals surface area contributed by atoms with E-state index in [-0.39, 0.29) is 18.6 Å². The van der Waals surface area contributed by atoms with E-state index >= 15 is 0 Å². The number of methoxy groups -OCH3 is 1. The summed E-state index contributed by atoms with van der Waals surface area (Å²) >= 11 is 0. The van der Waals surface area contributed by atoms with Crippen molar-refractivity contribution < 1.29 is 14.3 Å². The third kappa shape index (κ3) is 4.32. The maximum absolute atomic E-state index is 12.5. The first-order valence-corrected chi connectivity index (χ1v) is 10.2. The lowest BCUT2D eigenvalue weighted by molar-refractivity contribution is -0.123. The molecule has 1 atom stereocenters. The number of nitrogens with one attached hydrogen (secondary N) is 1. The lowest BCUT2D eigenvalue weighted by Gasteiger charge is -2.24. The number of benzene rings is 2. The smallest absolute Gasteiger partial charge is 0.258 e. The first-order valence-electron chi connectivity index (χ1n) is 10.2. The van der Waals surface area contributed by atoms with Crippen molar-refractivity contribution in [3.63, 3.8) is 0 Å². The predicted octanol–water partition coefficient (Wildman–Crippen LogP) is 4.07. The molecule has 30 heavy (non-hydrogen) atoms. The number of amides is 1. The van der Waals surface area contributed by atoms with Crippen molar-refractivity contribution in [2.45, 2.75) is 39.2 Å². The van der Waals surface area contributed by atoms with Gasteiger partial charge in [0.15, 0.2) is 6.61 Å². The topological polar surface area (TPSA) is 65.4 Å². The van der Waals surface area contributed by atoms with E-state index in [0.717, 1.165) is 36.3 Å². The zero-order chi connectivity index (χ0) is 21.1. The van der Waals surface area contributed by atoms with Gasteiger partial charge in [-0.25, -0.2) is 4.68 Å². The lowest BCUT2D eigenvalue weighted by atomic mass is 9.93. The molecule has 6 heteroatoms. The van der Waals surface area contributed by atoms with Gasteiger partial charge >= 0.3 is 0 Å². The van der Waals surface area contributed by atoms with Crippen LogP contribution >= 0.6 is 0 Å². The van der Waals surface area contributed by atoms with Crippen molar-refractivity contribution in [2.75, 3.05) is 13.7 Å². The molecule has 0 bridgehead atoms. The molecule has 0 saturated carbocycles. The summed E-state index contributed by atoms with van der Waals surface area (Å²) in [4.78, 5) is 12.5. The minimum atomic E-state index is -0.136. The van der Waals surface area contributed by atoms with Gasteiger partial charge in [0, 0.05) is 11.3 Å². The average Bonchev–Trinajstić information content (AvgIpc) is 3.17. The van der Waals surface area contributed by atoms with Crippen molar-refractivity contribution in [1.82, 2.24) is 15.1 Å². The Morgan fingerprint density at radius 2 is 1.83 bits per heavy atom. The Hall–Kier alpha value is -3.28. The summed E-state index contributed by atoms with van der Waals surface area (Å²) in [6, 6.07) is 13.6. The summed E-state index contributed by atoms with van der Waals surface area (Å²) in [5.41, 5.74) is 5.77. The highest BCUT2D eigenvalue weighted by molar-refractivity contribution is 5.78. The number of aryl methyl sites for hydroxylation is 2. The quantitative estimate of drug-likeness (QED) is 0.671. The SMILES string of the molecule is COc1ccc(OCC(=O)NC2CCCc3c2cnn3-c2cc(C)cc(C)c2)cc1. The second-order valence-corrected chi connectivity index (χ2v) is 7.78. The van der Waals surface area contributed by atoms with Crippen molar-refractivity contribution in [2.24, 2.45) is 0 Å². The molecule has 156 valence electrons. The molecule has 1 aromatic heterocycles. The third-order valence-corrected chi connectivity index (χ3v) is 5.40. The summed E-state index contributed by atoms with van der Waals surface area (Å²) in [7, 11) is 1.62. The van der Waals surface area contributed by atoms with Gasteiger partial charge in [0.05, 0.1) is 25.0 Å². The molecule has 4 rings (SSSR count). The van der Waals surface area contributed by atoms with Gasteiger partial charge in [-0.2, -0.15) is 5.10 Å². The molecule has 1 heterocycles. The molecule has 1 amide bonds. The van der Waals surface area contributed by atoms with Crippen LogP contribution in [0.1, 0.15) is 41.3 Å². The highest BCUT2D eigenvalue weighted by Gasteiger charge is 2.26. The van der Waals surface area contributed by atoms with Crippen LogP contribution in [0.3, 0.4) is 0 Å². The average molecular weight is 405 g/mol. The molecule has 2 aromatic carbocycles. The first-order chi connectivity index (χ1) is 14.5. The van der Waals surface area contributed by atoms with E-state index in [2.05, 4.69) is 42.5 Å². The maximum atomic E-state index is 12.5. The van der Waals surface area contributed by atoms with Crippen LogP contribution in [0.15, 0.2) is 48.7 Å². The molecule has 1 N–H and O–H groups in total. The molecular formula is C24H27N3O3. The number of rotatable bonds is 6. The number of ether oxygens (including phenoxy) is 2. The second-order valence-electron chi connectivity index (χ2n) is 7.78. The van der Waals surface area contributed by atoms with E-state index in [1.54, 1.807) is 19.2 Å². The van der Waals surface area contributed by atoms with Gasteiger partial charge in [-0.15, -0.1) is 0 Å². The second kappa shape index (κ2) is 8.61. The van der Waals surface area contributed by atoms with Crippen LogP contribution in [0.5, 0.6) is 11.5 Å². The Kier molecular flexibility index (Phi) is 5.74. The van der Waals surface area contributed by atoms with Gasteiger partial charge in [0.1, 0.15) is 11.5 Å². The molecule has 1 unspecified atom stereocenters. The standard InChI is InChI=1S/C24H27N3O3/c1-16-11-17(2)13-18(12-16)27-23-6-4-5-22(21(23)14-25-27)26-24(28)15-30-20-9-7-19(29-3)8-10-20/h7-14,22H,4-6,15H2,1-3H3,(H,26,28). The van der Waals surface area contributed by atoms with Crippen LogP contribution in [0.2, 0.25) is 0 Å². The number of carbonyl (C=O) groups excluding carboxylic acids is 1. The van der Waals surface area contributed by atoms with Gasteiger partial charge in [-0.05, 0) is 80.6 Å². The highest BCUT2D eigenvalue weighted by Crippen LogP contribution is 2.31. The molecule has 0 aliphatic heterocycles. The summed E-state index contributed by atoms with van der Waals surface area (Å²) in [6.45, 7) is 4.17. The van der Waals surface area contributed by atoms with E-state index < -0.39 is 0 Å². The molecule has 0 fully saturated rings. The van der Waals surface area contributed by atoms with E-state index in [9.17, 15) is 4.79 Å². The minimum absolute atomic E-state index is 0.0244. The van der Waals surface area contributed by atoms with Gasteiger partial charge < -0.3 is 14.8 Å². The number of hydrogen-bond donors (Lipinski definition) is 1. The molecule has 1 aliphatic rings. The minimum Gasteiger partial charge on any atom is -0.497 e. The molecule has 6 nitrogen and oxygen atoms in total. The zero-order valence-electron chi connectivity index (χ0n) is 17.6. The van der Waals surface area contributed by atoms with Gasteiger partial charge in [0.2, 0.25) is 0 Å². The molecular weight excluding hydrogens is 378 g/mol. The number of fused-ring (bicyclic) bond motifs is 1. The summed E-state index contributed by atoms with van der Waals surface area (Å²) in [6.07, 6.45) is 4.76. The van der Waals surface area contributed by atoms with Crippen LogP contribution < -0.4 is 14.8 Å². The Morgan fingerprint density at radius 1 is 1.13 bits per heavy atom. The van der Waals surface area contributed by atoms with Gasteiger partial charge in [-0.3, -0.25) is 4.79 Å². The van der Waals surface area contributed by atoms with E-state index in [4.69, 9.17) is 9.47 Å². The predicted molar refractivity (Wildman–Crippen MR) is 115 cm³/mol. The maximum Gasteiger partial charge on any atom is 0.258 e. The van der Waals surface area contributed by atoms with E-state index in [1.807, 2.05) is 23.0 Å². The Morgan fingerprint density at radius 3 is 2.53 bits per heavy atom. The molecule has 0 radical (unpaired) electrons. The van der Waals surface area contributed by atoms with Crippen LogP contribution in [0.25, 0.3) is 5.69 Å². The lowest BCUT2D eigenvalue weighted by Crippen LogP contribution is -2.34. The largest absolute Gasteiger partial charge is 0.497 e. The molecule has 3 aromatic rings. The highest BCUT2D eigenvalue weighted by atomic mass is 16.5. The molecule has 1 aliphatic carbocycles. The van der Waals surface area contributed by atoms with Crippen molar-refractivity contribution in [3.8, 4) is 17.2 Å². The third-order valence-electron chi connectivity index (χ3n) is 5.40. The number of nitrogens with zero attached hydrogens (tertiary/aromatic N) is 2. The van der Waals surface area contributed by atoms with Crippen molar-refractivity contribution in [1.29, 1.82) is 0 Å². The number of carbonyl (C=O) groups is 1. The fourth-order valence-corrected chi connectivity index (χ4v) is 4.06. The first kappa shape index (κ1) is 20.0. The Balaban J connectivity index is 1.44. The van der Waals surface area contributed by atoms with Crippen LogP contribution in [0.4, 0.5) is 0 Å². The van der Waals surface area contributed by atoms with Crippen LogP contribution in [0, 0.1) is 13.8 Å². The van der Waals surface area contributed by atoms with E-state index in [1.165, 1.54) is 16.8 Å². The Labute approximate surface area is 176 Å². The Bertz CT molecular complexity index is 1020. The normalized spacial score (nSPS) is 15.4. The van der Waals surface area contributed by atoms with Gasteiger partial charge in [0.25, 0.3) is 5.91 Å². The zero-order valence-corrected chi connectivity index (χ0v) is 17.6. The number of aromatic nitrogens is 2. The van der Waals surface area contributed by atoms with Crippen LogP contribution in [-0.4, -0.2) is 29.4 Å². The summed E-state index contributed by atoms with van der Waals surface area (Å²) in [5, 5.41) is 7.75. The van der Waals surface area contributed by atoms with Crippen molar-refractivity contribution >= 4 is 5.91 Å². The van der Waals surface area contributed by atoms with Gasteiger partial charge in [-0.1, -0.05) is 6.07 Å². The van der Waals surface area contributed by atoms with E-state index in [0.29, 0.717) is 5.75 Å². The van der Waals surface area contributed by atoms with Crippen molar-refractivity contribution in [3.05, 3.63) is 71.0 Å². The van der Waals surface area contributed by atoms with Crippen LogP contribution in [-0.2, 0) is 11.2 Å². The summed E-state index contributed by atoms with van der Waals surface area (Å²) < 4.78 is 12.8. The molecule has 0 saturated heterocycles. The fourth-order valence-electron chi connectivity index (χ4n) is 4.06. The fraction of sp³-hybridized carbons (Fsp3) is 0.333. The number of hydrogen-bond acceptors (Lipinski definition) is 4.